The molecule has 0 aromatic heterocycles. The van der Waals surface area contributed by atoms with Gasteiger partial charge in [-0.2, -0.15) is 0 Å². The van der Waals surface area contributed by atoms with Crippen LogP contribution in [-0.4, -0.2) is 33.6 Å². The molecule has 0 radical (unpaired) electrons. The van der Waals surface area contributed by atoms with Crippen LogP contribution in [0, 0.1) is 5.92 Å². The fourth-order valence-electron chi connectivity index (χ4n) is 2.52. The van der Waals surface area contributed by atoms with Crippen LogP contribution in [0.5, 0.6) is 0 Å². The van der Waals surface area contributed by atoms with Crippen molar-refractivity contribution in [2.24, 2.45) is 5.92 Å². The maximum absolute atomic E-state index is 9.87. The lowest BCUT2D eigenvalue weighted by molar-refractivity contribution is 0.0349. The second-order valence-corrected chi connectivity index (χ2v) is 4.45. The molecule has 0 aromatic carbocycles. The molecule has 2 aliphatic carbocycles. The Labute approximate surface area is 89.7 Å². The van der Waals surface area contributed by atoms with E-state index in [9.17, 15) is 15.3 Å². The Morgan fingerprint density at radius 1 is 1.07 bits per heavy atom. The van der Waals surface area contributed by atoms with E-state index in [0.29, 0.717) is 0 Å². The van der Waals surface area contributed by atoms with Crippen molar-refractivity contribution in [3.8, 4) is 0 Å². The summed E-state index contributed by atoms with van der Waals surface area (Å²) in [7, 11) is 0. The lowest BCUT2D eigenvalue weighted by Crippen LogP contribution is -2.36. The van der Waals surface area contributed by atoms with Crippen molar-refractivity contribution in [1.29, 1.82) is 0 Å². The number of aliphatic hydroxyl groups excluding tert-OH is 3. The van der Waals surface area contributed by atoms with E-state index in [1.54, 1.807) is 12.2 Å². The van der Waals surface area contributed by atoms with E-state index in [1.165, 1.54) is 0 Å². The van der Waals surface area contributed by atoms with Crippen LogP contribution in [-0.2, 0) is 0 Å². The SMILES string of the molecule is O[C@@H]1C([C@H]2CCCC[C@@H]2O)=CC=C[C@@H]1O. The minimum Gasteiger partial charge on any atom is -0.393 e. The number of hydrogen-bond acceptors (Lipinski definition) is 3. The highest BCUT2D eigenvalue weighted by Gasteiger charge is 2.32. The van der Waals surface area contributed by atoms with Crippen LogP contribution in [0.3, 0.4) is 0 Å². The summed E-state index contributed by atoms with van der Waals surface area (Å²) in [5.74, 6) is 0.0216. The molecule has 0 spiro atoms. The molecule has 2 aliphatic rings. The highest BCUT2D eigenvalue weighted by atomic mass is 16.3. The third kappa shape index (κ3) is 2.14. The molecule has 3 heteroatoms. The third-order valence-electron chi connectivity index (χ3n) is 3.42. The molecular weight excluding hydrogens is 192 g/mol. The first-order valence-corrected chi connectivity index (χ1v) is 5.62. The van der Waals surface area contributed by atoms with Crippen molar-refractivity contribution < 1.29 is 15.3 Å². The molecule has 0 bridgehead atoms. The van der Waals surface area contributed by atoms with Gasteiger partial charge in [-0.3, -0.25) is 0 Å². The van der Waals surface area contributed by atoms with Gasteiger partial charge in [0.1, 0.15) is 12.2 Å². The summed E-state index contributed by atoms with van der Waals surface area (Å²) in [5.41, 5.74) is 0.789. The molecule has 0 amide bonds. The minimum absolute atomic E-state index is 0.0216. The Balaban J connectivity index is 2.14. The summed E-state index contributed by atoms with van der Waals surface area (Å²) < 4.78 is 0. The quantitative estimate of drug-likeness (QED) is 0.598. The van der Waals surface area contributed by atoms with Gasteiger partial charge in [-0.05, 0) is 18.4 Å². The number of allylic oxidation sites excluding steroid dienone is 2. The predicted octanol–water partition coefficient (Wildman–Crippen LogP) is 0.755. The van der Waals surface area contributed by atoms with Crippen LogP contribution in [0.2, 0.25) is 0 Å². The average Bonchev–Trinajstić information content (AvgIpc) is 2.23. The Morgan fingerprint density at radius 3 is 2.53 bits per heavy atom. The Morgan fingerprint density at radius 2 is 1.80 bits per heavy atom. The zero-order valence-corrected chi connectivity index (χ0v) is 8.71. The molecule has 4 atom stereocenters. The maximum Gasteiger partial charge on any atom is 0.105 e. The van der Waals surface area contributed by atoms with Crippen molar-refractivity contribution in [1.82, 2.24) is 0 Å². The van der Waals surface area contributed by atoms with Crippen molar-refractivity contribution >= 4 is 0 Å². The summed E-state index contributed by atoms with van der Waals surface area (Å²) in [6, 6.07) is 0. The molecule has 0 aromatic rings. The third-order valence-corrected chi connectivity index (χ3v) is 3.42. The van der Waals surface area contributed by atoms with E-state index in [-0.39, 0.29) is 12.0 Å². The second kappa shape index (κ2) is 4.47. The van der Waals surface area contributed by atoms with Gasteiger partial charge in [-0.25, -0.2) is 0 Å². The zero-order valence-electron chi connectivity index (χ0n) is 8.71. The highest BCUT2D eigenvalue weighted by Crippen LogP contribution is 2.33. The maximum atomic E-state index is 9.87. The van der Waals surface area contributed by atoms with Gasteiger partial charge < -0.3 is 15.3 Å². The van der Waals surface area contributed by atoms with E-state index in [2.05, 4.69) is 0 Å². The van der Waals surface area contributed by atoms with Crippen molar-refractivity contribution in [3.05, 3.63) is 23.8 Å². The Hall–Kier alpha value is -0.640. The smallest absolute Gasteiger partial charge is 0.105 e. The first-order chi connectivity index (χ1) is 7.20. The van der Waals surface area contributed by atoms with Crippen LogP contribution in [0.25, 0.3) is 0 Å². The first-order valence-electron chi connectivity index (χ1n) is 5.62. The lowest BCUT2D eigenvalue weighted by atomic mass is 9.77. The number of aliphatic hydroxyl groups is 3. The number of rotatable bonds is 1. The lowest BCUT2D eigenvalue weighted by Gasteiger charge is -2.34. The second-order valence-electron chi connectivity index (χ2n) is 4.45. The van der Waals surface area contributed by atoms with Crippen LogP contribution in [0.1, 0.15) is 25.7 Å². The summed E-state index contributed by atoms with van der Waals surface area (Å²) in [4.78, 5) is 0. The monoisotopic (exact) mass is 210 g/mol. The topological polar surface area (TPSA) is 60.7 Å². The van der Waals surface area contributed by atoms with Crippen molar-refractivity contribution in [2.75, 3.05) is 0 Å². The summed E-state index contributed by atoms with van der Waals surface area (Å²) in [5, 5.41) is 29.2. The zero-order chi connectivity index (χ0) is 10.8. The molecule has 3 N–H and O–H groups in total. The predicted molar refractivity (Wildman–Crippen MR) is 57.2 cm³/mol. The molecule has 1 fully saturated rings. The molecule has 1 saturated carbocycles. The minimum atomic E-state index is -0.840. The summed E-state index contributed by atoms with van der Waals surface area (Å²) in [6.07, 6.45) is 6.99. The highest BCUT2D eigenvalue weighted by molar-refractivity contribution is 5.28. The molecule has 3 nitrogen and oxygen atoms in total. The molecule has 0 saturated heterocycles. The van der Waals surface area contributed by atoms with Crippen LogP contribution >= 0.6 is 0 Å². The summed E-state index contributed by atoms with van der Waals surface area (Å²) in [6.45, 7) is 0. The van der Waals surface area contributed by atoms with E-state index in [1.807, 2.05) is 6.08 Å². The van der Waals surface area contributed by atoms with E-state index in [0.717, 1.165) is 31.3 Å². The molecule has 0 heterocycles. The van der Waals surface area contributed by atoms with E-state index in [4.69, 9.17) is 0 Å². The van der Waals surface area contributed by atoms with Gasteiger partial charge in [0.25, 0.3) is 0 Å². The van der Waals surface area contributed by atoms with Gasteiger partial charge in [0.05, 0.1) is 6.10 Å². The van der Waals surface area contributed by atoms with Crippen molar-refractivity contribution in [2.45, 2.75) is 44.0 Å². The van der Waals surface area contributed by atoms with Gasteiger partial charge in [0, 0.05) is 5.92 Å². The molecule has 0 aliphatic heterocycles. The normalized spacial score (nSPS) is 41.4. The molecular formula is C12H18O3. The van der Waals surface area contributed by atoms with E-state index < -0.39 is 12.2 Å². The van der Waals surface area contributed by atoms with Crippen molar-refractivity contribution in [3.63, 3.8) is 0 Å². The first kappa shape index (κ1) is 10.9. The fraction of sp³-hybridized carbons (Fsp3) is 0.667. The average molecular weight is 210 g/mol. The Kier molecular flexibility index (Phi) is 3.24. The van der Waals surface area contributed by atoms with Gasteiger partial charge in [-0.1, -0.05) is 31.1 Å². The van der Waals surface area contributed by atoms with Crippen LogP contribution in [0.15, 0.2) is 23.8 Å². The van der Waals surface area contributed by atoms with E-state index >= 15 is 0 Å². The molecule has 84 valence electrons. The molecule has 2 rings (SSSR count). The summed E-state index contributed by atoms with van der Waals surface area (Å²) >= 11 is 0. The standard InChI is InChI=1S/C12H18O3/c13-10-6-2-1-4-8(10)9-5-3-7-11(14)12(9)15/h3,5,7-8,10-15H,1-2,4,6H2/t8-,10+,11+,12-/m1/s1. The molecule has 15 heavy (non-hydrogen) atoms. The van der Waals surface area contributed by atoms with Gasteiger partial charge in [0.2, 0.25) is 0 Å². The Bertz CT molecular complexity index is 283. The fourth-order valence-corrected chi connectivity index (χ4v) is 2.52. The van der Waals surface area contributed by atoms with Gasteiger partial charge in [0.15, 0.2) is 0 Å². The molecule has 0 unspecified atom stereocenters. The largest absolute Gasteiger partial charge is 0.393 e. The van der Waals surface area contributed by atoms with Gasteiger partial charge in [-0.15, -0.1) is 0 Å². The number of hydrogen-bond donors (Lipinski definition) is 3. The van der Waals surface area contributed by atoms with Crippen LogP contribution in [0.4, 0.5) is 0 Å². The van der Waals surface area contributed by atoms with Gasteiger partial charge >= 0.3 is 0 Å². The van der Waals surface area contributed by atoms with Crippen LogP contribution < -0.4 is 0 Å².